The Hall–Kier alpha value is -1.13. The highest BCUT2D eigenvalue weighted by atomic mass is 15.3. The second-order valence-corrected chi connectivity index (χ2v) is 5.85. The van der Waals surface area contributed by atoms with Crippen molar-refractivity contribution >= 4 is 5.82 Å². The molecule has 1 aliphatic heterocycles. The minimum atomic E-state index is 0.229. The van der Waals surface area contributed by atoms with Gasteiger partial charge in [0, 0.05) is 37.9 Å². The van der Waals surface area contributed by atoms with E-state index >= 15 is 0 Å². The standard InChI is InChI=1S/C16H28N4/c1-4-14(17)11-13-7-6-8-18-16(13)20-10-9-19(3)15(5-2)12-20/h6-8,14-15H,4-5,9-12,17H2,1-3H3. The number of aromatic nitrogens is 1. The van der Waals surface area contributed by atoms with E-state index in [0.717, 1.165) is 38.3 Å². The zero-order chi connectivity index (χ0) is 14.5. The maximum absolute atomic E-state index is 6.12. The van der Waals surface area contributed by atoms with Crippen LogP contribution >= 0.6 is 0 Å². The van der Waals surface area contributed by atoms with E-state index in [1.807, 2.05) is 12.3 Å². The lowest BCUT2D eigenvalue weighted by atomic mass is 10.0. The number of hydrogen-bond donors (Lipinski definition) is 1. The molecule has 0 saturated carbocycles. The maximum atomic E-state index is 6.12. The maximum Gasteiger partial charge on any atom is 0.131 e. The van der Waals surface area contributed by atoms with Gasteiger partial charge in [0.1, 0.15) is 5.82 Å². The Morgan fingerprint density at radius 2 is 2.20 bits per heavy atom. The molecule has 4 heteroatoms. The van der Waals surface area contributed by atoms with Crippen molar-refractivity contribution in [2.24, 2.45) is 5.73 Å². The lowest BCUT2D eigenvalue weighted by molar-refractivity contribution is 0.212. The van der Waals surface area contributed by atoms with Crippen LogP contribution in [0.25, 0.3) is 0 Å². The van der Waals surface area contributed by atoms with Crippen LogP contribution in [0.2, 0.25) is 0 Å². The molecule has 0 radical (unpaired) electrons. The molecule has 1 aromatic heterocycles. The Balaban J connectivity index is 2.15. The van der Waals surface area contributed by atoms with Gasteiger partial charge in [0.15, 0.2) is 0 Å². The molecule has 0 aliphatic carbocycles. The molecule has 0 bridgehead atoms. The quantitative estimate of drug-likeness (QED) is 0.892. The van der Waals surface area contributed by atoms with Gasteiger partial charge in [-0.2, -0.15) is 0 Å². The SMILES string of the molecule is CCC(N)Cc1cccnc1N1CCN(C)C(CC)C1. The van der Waals surface area contributed by atoms with Gasteiger partial charge in [-0.1, -0.05) is 19.9 Å². The topological polar surface area (TPSA) is 45.4 Å². The molecule has 112 valence electrons. The van der Waals surface area contributed by atoms with Crippen molar-refractivity contribution in [3.05, 3.63) is 23.9 Å². The van der Waals surface area contributed by atoms with Gasteiger partial charge in [0.25, 0.3) is 0 Å². The molecule has 0 aromatic carbocycles. The van der Waals surface area contributed by atoms with Gasteiger partial charge in [-0.3, -0.25) is 4.90 Å². The fourth-order valence-corrected chi connectivity index (χ4v) is 2.88. The summed E-state index contributed by atoms with van der Waals surface area (Å²) in [6.45, 7) is 7.63. The number of pyridine rings is 1. The van der Waals surface area contributed by atoms with Crippen LogP contribution in [-0.2, 0) is 6.42 Å². The van der Waals surface area contributed by atoms with Crippen molar-refractivity contribution in [3.8, 4) is 0 Å². The molecule has 0 spiro atoms. The summed E-state index contributed by atoms with van der Waals surface area (Å²) in [6, 6.07) is 5.05. The van der Waals surface area contributed by atoms with E-state index in [1.54, 1.807) is 0 Å². The number of anilines is 1. The van der Waals surface area contributed by atoms with E-state index in [-0.39, 0.29) is 6.04 Å². The zero-order valence-corrected chi connectivity index (χ0v) is 13.0. The van der Waals surface area contributed by atoms with Gasteiger partial charge in [-0.25, -0.2) is 4.98 Å². The predicted molar refractivity (Wildman–Crippen MR) is 85.1 cm³/mol. The second-order valence-electron chi connectivity index (χ2n) is 5.85. The molecule has 2 atom stereocenters. The third kappa shape index (κ3) is 3.49. The third-order valence-electron chi connectivity index (χ3n) is 4.42. The van der Waals surface area contributed by atoms with E-state index in [1.165, 1.54) is 12.0 Å². The summed E-state index contributed by atoms with van der Waals surface area (Å²) in [4.78, 5) is 9.53. The van der Waals surface area contributed by atoms with Crippen LogP contribution in [0, 0.1) is 0 Å². The fraction of sp³-hybridized carbons (Fsp3) is 0.688. The van der Waals surface area contributed by atoms with Gasteiger partial charge in [0.05, 0.1) is 0 Å². The monoisotopic (exact) mass is 276 g/mol. The first kappa shape index (κ1) is 15.3. The van der Waals surface area contributed by atoms with Gasteiger partial charge in [-0.05, 0) is 37.9 Å². The Labute approximate surface area is 123 Å². The van der Waals surface area contributed by atoms with Crippen molar-refractivity contribution in [2.45, 2.75) is 45.2 Å². The molecule has 2 N–H and O–H groups in total. The minimum Gasteiger partial charge on any atom is -0.354 e. The molecule has 1 aromatic rings. The van der Waals surface area contributed by atoms with Gasteiger partial charge < -0.3 is 10.6 Å². The largest absolute Gasteiger partial charge is 0.354 e. The first-order valence-electron chi connectivity index (χ1n) is 7.80. The average Bonchev–Trinajstić information content (AvgIpc) is 2.48. The fourth-order valence-electron chi connectivity index (χ4n) is 2.88. The molecule has 2 rings (SSSR count). The number of nitrogens with zero attached hydrogens (tertiary/aromatic N) is 3. The van der Waals surface area contributed by atoms with Crippen LogP contribution in [0.3, 0.4) is 0 Å². The Morgan fingerprint density at radius 3 is 2.90 bits per heavy atom. The number of nitrogens with two attached hydrogens (primary N) is 1. The van der Waals surface area contributed by atoms with Crippen LogP contribution in [0.5, 0.6) is 0 Å². The highest BCUT2D eigenvalue weighted by Crippen LogP contribution is 2.22. The van der Waals surface area contributed by atoms with Gasteiger partial charge in [0.2, 0.25) is 0 Å². The van der Waals surface area contributed by atoms with Crippen molar-refractivity contribution in [2.75, 3.05) is 31.6 Å². The molecule has 4 nitrogen and oxygen atoms in total. The van der Waals surface area contributed by atoms with E-state index in [9.17, 15) is 0 Å². The molecule has 1 saturated heterocycles. The van der Waals surface area contributed by atoms with E-state index < -0.39 is 0 Å². The summed E-state index contributed by atoms with van der Waals surface area (Å²) < 4.78 is 0. The highest BCUT2D eigenvalue weighted by Gasteiger charge is 2.25. The summed E-state index contributed by atoms with van der Waals surface area (Å²) in [7, 11) is 2.22. The molecule has 1 fully saturated rings. The van der Waals surface area contributed by atoms with Crippen LogP contribution < -0.4 is 10.6 Å². The van der Waals surface area contributed by atoms with Gasteiger partial charge in [-0.15, -0.1) is 0 Å². The Bertz CT molecular complexity index is 421. The molecule has 2 heterocycles. The smallest absolute Gasteiger partial charge is 0.131 e. The van der Waals surface area contributed by atoms with E-state index in [4.69, 9.17) is 5.73 Å². The third-order valence-corrected chi connectivity index (χ3v) is 4.42. The summed E-state index contributed by atoms with van der Waals surface area (Å²) in [5.41, 5.74) is 7.42. The van der Waals surface area contributed by atoms with Crippen LogP contribution in [-0.4, -0.2) is 48.6 Å². The molecular formula is C16H28N4. The summed E-state index contributed by atoms with van der Waals surface area (Å²) in [5, 5.41) is 0. The number of piperazine rings is 1. The highest BCUT2D eigenvalue weighted by molar-refractivity contribution is 5.47. The van der Waals surface area contributed by atoms with Crippen molar-refractivity contribution in [1.82, 2.24) is 9.88 Å². The van der Waals surface area contributed by atoms with E-state index in [0.29, 0.717) is 6.04 Å². The van der Waals surface area contributed by atoms with Crippen LogP contribution in [0.4, 0.5) is 5.82 Å². The molecular weight excluding hydrogens is 248 g/mol. The molecule has 0 amide bonds. The summed E-state index contributed by atoms with van der Waals surface area (Å²) in [6.07, 6.45) is 5.01. The van der Waals surface area contributed by atoms with Crippen LogP contribution in [0.15, 0.2) is 18.3 Å². The summed E-state index contributed by atoms with van der Waals surface area (Å²) >= 11 is 0. The minimum absolute atomic E-state index is 0.229. The Morgan fingerprint density at radius 1 is 1.40 bits per heavy atom. The Kier molecular flexibility index (Phi) is 5.38. The number of likely N-dealkylation sites (N-methyl/N-ethyl adjacent to an activating group) is 1. The lowest BCUT2D eigenvalue weighted by Gasteiger charge is -2.40. The van der Waals surface area contributed by atoms with Crippen molar-refractivity contribution < 1.29 is 0 Å². The van der Waals surface area contributed by atoms with Crippen LogP contribution in [0.1, 0.15) is 32.3 Å². The zero-order valence-electron chi connectivity index (χ0n) is 13.0. The number of hydrogen-bond acceptors (Lipinski definition) is 4. The lowest BCUT2D eigenvalue weighted by Crippen LogP contribution is -2.51. The molecule has 2 unspecified atom stereocenters. The molecule has 1 aliphatic rings. The number of rotatable bonds is 5. The first-order valence-corrected chi connectivity index (χ1v) is 7.80. The van der Waals surface area contributed by atoms with Crippen molar-refractivity contribution in [3.63, 3.8) is 0 Å². The average molecular weight is 276 g/mol. The van der Waals surface area contributed by atoms with Gasteiger partial charge >= 0.3 is 0 Å². The summed E-state index contributed by atoms with van der Waals surface area (Å²) in [5.74, 6) is 1.14. The second kappa shape index (κ2) is 7.04. The van der Waals surface area contributed by atoms with Crippen molar-refractivity contribution in [1.29, 1.82) is 0 Å². The predicted octanol–water partition coefficient (Wildman–Crippen LogP) is 1.89. The molecule has 20 heavy (non-hydrogen) atoms. The normalized spacial score (nSPS) is 22.0. The first-order chi connectivity index (χ1) is 9.65. The van der Waals surface area contributed by atoms with E-state index in [2.05, 4.69) is 41.7 Å².